The van der Waals surface area contributed by atoms with Crippen LogP contribution < -0.4 is 5.32 Å². The van der Waals surface area contributed by atoms with Gasteiger partial charge in [-0.15, -0.1) is 0 Å². The third-order valence-corrected chi connectivity index (χ3v) is 5.24. The predicted octanol–water partition coefficient (Wildman–Crippen LogP) is -0.439. The second kappa shape index (κ2) is 9.32. The van der Waals surface area contributed by atoms with E-state index in [0.717, 1.165) is 5.57 Å². The van der Waals surface area contributed by atoms with E-state index < -0.39 is 54.5 Å². The van der Waals surface area contributed by atoms with Crippen LogP contribution in [0.1, 0.15) is 47.0 Å². The minimum atomic E-state index is -1.84. The second-order valence-electron chi connectivity index (χ2n) is 8.47. The van der Waals surface area contributed by atoms with Crippen molar-refractivity contribution in [1.29, 1.82) is 0 Å². The predicted molar refractivity (Wildman–Crippen MR) is 100 cm³/mol. The first-order valence-electron chi connectivity index (χ1n) is 9.27. The summed E-state index contributed by atoms with van der Waals surface area (Å²) in [5, 5.41) is 52.1. The molecule has 9 heteroatoms. The number of allylic oxidation sites excluding steroid dienone is 1. The fourth-order valence-electron chi connectivity index (χ4n) is 3.22. The third-order valence-electron chi connectivity index (χ3n) is 5.24. The summed E-state index contributed by atoms with van der Waals surface area (Å²) in [4.78, 5) is 23.6. The standard InChI is InChI=1S/C19H33NO8/c1-10(18(3,4)5)6-7-19(17(26)27)8-12(23)14(20-11(2)22)16(28-19)15(25)13(24)9-21/h12-16,21,23-25H,1,6-9H2,2-5H3,(H,20,22)(H,26,27)/t12-,13+,14+,15+,16+,19+/m0/s1. The molecule has 1 aliphatic heterocycles. The Labute approximate surface area is 165 Å². The van der Waals surface area contributed by atoms with Crippen LogP contribution in [0.5, 0.6) is 0 Å². The Kier molecular flexibility index (Phi) is 8.16. The first-order valence-corrected chi connectivity index (χ1v) is 9.27. The van der Waals surface area contributed by atoms with Crippen LogP contribution in [-0.4, -0.2) is 80.1 Å². The monoisotopic (exact) mass is 403 g/mol. The van der Waals surface area contributed by atoms with Gasteiger partial charge in [0.25, 0.3) is 0 Å². The van der Waals surface area contributed by atoms with Gasteiger partial charge in [0.2, 0.25) is 5.91 Å². The Bertz CT molecular complexity index is 587. The first-order chi connectivity index (χ1) is 12.7. The van der Waals surface area contributed by atoms with Crippen molar-refractivity contribution in [2.24, 2.45) is 5.41 Å². The van der Waals surface area contributed by atoms with E-state index in [1.807, 2.05) is 20.8 Å². The lowest BCUT2D eigenvalue weighted by Crippen LogP contribution is -2.67. The average Bonchev–Trinajstić information content (AvgIpc) is 2.58. The zero-order valence-electron chi connectivity index (χ0n) is 16.9. The van der Waals surface area contributed by atoms with E-state index in [4.69, 9.17) is 9.84 Å². The van der Waals surface area contributed by atoms with Crippen LogP contribution in [0, 0.1) is 5.41 Å². The summed E-state index contributed by atoms with van der Waals surface area (Å²) in [5.74, 6) is -1.85. The van der Waals surface area contributed by atoms with Crippen LogP contribution in [0.2, 0.25) is 0 Å². The fraction of sp³-hybridized carbons (Fsp3) is 0.789. The molecule has 6 N–H and O–H groups in total. The smallest absolute Gasteiger partial charge is 0.336 e. The Morgan fingerprint density at radius 1 is 1.32 bits per heavy atom. The molecule has 0 aromatic carbocycles. The molecule has 0 radical (unpaired) electrons. The lowest BCUT2D eigenvalue weighted by atomic mass is 9.78. The number of carboxylic acids is 1. The summed E-state index contributed by atoms with van der Waals surface area (Å²) in [6.07, 6.45) is -6.16. The molecular formula is C19H33NO8. The maximum absolute atomic E-state index is 12.1. The highest BCUT2D eigenvalue weighted by Crippen LogP contribution is 2.38. The zero-order chi connectivity index (χ0) is 21.9. The Hall–Kier alpha value is -1.52. The van der Waals surface area contributed by atoms with Crippen molar-refractivity contribution in [3.8, 4) is 0 Å². The minimum Gasteiger partial charge on any atom is -0.479 e. The van der Waals surface area contributed by atoms with E-state index in [1.54, 1.807) is 0 Å². The molecule has 0 spiro atoms. The van der Waals surface area contributed by atoms with Crippen molar-refractivity contribution < 1.29 is 39.9 Å². The normalized spacial score (nSPS) is 30.4. The topological polar surface area (TPSA) is 157 Å². The number of carbonyl (C=O) groups excluding carboxylic acids is 1. The maximum Gasteiger partial charge on any atom is 0.336 e. The molecule has 1 fully saturated rings. The van der Waals surface area contributed by atoms with Crippen molar-refractivity contribution in [2.45, 2.75) is 83.0 Å². The van der Waals surface area contributed by atoms with Crippen LogP contribution >= 0.6 is 0 Å². The molecule has 0 saturated carbocycles. The first kappa shape index (κ1) is 24.5. The molecule has 162 valence electrons. The third kappa shape index (κ3) is 5.74. The number of aliphatic carboxylic acids is 1. The molecule has 6 atom stereocenters. The highest BCUT2D eigenvalue weighted by Gasteiger charge is 2.54. The van der Waals surface area contributed by atoms with Gasteiger partial charge >= 0.3 is 5.97 Å². The van der Waals surface area contributed by atoms with Gasteiger partial charge in [-0.3, -0.25) is 4.79 Å². The van der Waals surface area contributed by atoms with Crippen LogP contribution in [0.25, 0.3) is 0 Å². The molecule has 0 aromatic heterocycles. The Morgan fingerprint density at radius 2 is 1.89 bits per heavy atom. The largest absolute Gasteiger partial charge is 0.479 e. The van der Waals surface area contributed by atoms with Crippen molar-refractivity contribution in [3.63, 3.8) is 0 Å². The lowest BCUT2D eigenvalue weighted by Gasteiger charge is -2.47. The van der Waals surface area contributed by atoms with Gasteiger partial charge < -0.3 is 35.6 Å². The summed E-state index contributed by atoms with van der Waals surface area (Å²) < 4.78 is 5.73. The van der Waals surface area contributed by atoms with Crippen molar-refractivity contribution in [3.05, 3.63) is 12.2 Å². The number of aliphatic hydroxyl groups is 4. The van der Waals surface area contributed by atoms with E-state index >= 15 is 0 Å². The number of carboxylic acid groups (broad SMARTS) is 1. The van der Waals surface area contributed by atoms with E-state index in [-0.39, 0.29) is 18.3 Å². The van der Waals surface area contributed by atoms with Gasteiger partial charge in [0.05, 0.1) is 18.8 Å². The SMILES string of the molecule is C=C(CC[C@]1(C(=O)O)C[C@H](O)[C@@H](NC(C)=O)[C@H]([C@H](O)[C@H](O)CO)O1)C(C)(C)C. The van der Waals surface area contributed by atoms with Gasteiger partial charge in [-0.1, -0.05) is 32.9 Å². The number of rotatable bonds is 8. The highest BCUT2D eigenvalue weighted by atomic mass is 16.6. The second-order valence-corrected chi connectivity index (χ2v) is 8.47. The quantitative estimate of drug-likeness (QED) is 0.298. The summed E-state index contributed by atoms with van der Waals surface area (Å²) in [7, 11) is 0. The number of hydrogen-bond acceptors (Lipinski definition) is 7. The highest BCUT2D eigenvalue weighted by molar-refractivity contribution is 5.78. The van der Waals surface area contributed by atoms with Crippen molar-refractivity contribution in [1.82, 2.24) is 5.32 Å². The molecule has 1 amide bonds. The molecule has 1 rings (SSSR count). The lowest BCUT2D eigenvalue weighted by molar-refractivity contribution is -0.231. The summed E-state index contributed by atoms with van der Waals surface area (Å²) in [5.41, 5.74) is -1.30. The fourth-order valence-corrected chi connectivity index (χ4v) is 3.22. The maximum atomic E-state index is 12.1. The van der Waals surface area contributed by atoms with Crippen LogP contribution in [0.15, 0.2) is 12.2 Å². The average molecular weight is 403 g/mol. The van der Waals surface area contributed by atoms with Gasteiger partial charge in [-0.2, -0.15) is 0 Å². The van der Waals surface area contributed by atoms with E-state index in [1.165, 1.54) is 6.92 Å². The molecule has 1 heterocycles. The summed E-state index contributed by atoms with van der Waals surface area (Å²) in [6, 6.07) is -1.15. The molecule has 1 aliphatic rings. The Morgan fingerprint density at radius 3 is 2.32 bits per heavy atom. The van der Waals surface area contributed by atoms with E-state index in [9.17, 15) is 30.0 Å². The van der Waals surface area contributed by atoms with Crippen molar-refractivity contribution >= 4 is 11.9 Å². The number of carbonyl (C=O) groups is 2. The molecule has 0 unspecified atom stereocenters. The number of nitrogens with one attached hydrogen (secondary N) is 1. The van der Waals surface area contributed by atoms with Crippen molar-refractivity contribution in [2.75, 3.05) is 6.61 Å². The number of amides is 1. The molecule has 28 heavy (non-hydrogen) atoms. The molecule has 0 aliphatic carbocycles. The van der Waals surface area contributed by atoms with Gasteiger partial charge in [-0.05, 0) is 18.3 Å². The molecule has 0 aromatic rings. The van der Waals surface area contributed by atoms with E-state index in [2.05, 4.69) is 11.9 Å². The van der Waals surface area contributed by atoms with Crippen LogP contribution in [0.4, 0.5) is 0 Å². The molecule has 0 bridgehead atoms. The van der Waals surface area contributed by atoms with Gasteiger partial charge in [0.15, 0.2) is 5.60 Å². The van der Waals surface area contributed by atoms with Gasteiger partial charge in [0.1, 0.15) is 18.3 Å². The molecule has 9 nitrogen and oxygen atoms in total. The van der Waals surface area contributed by atoms with Crippen LogP contribution in [0.3, 0.4) is 0 Å². The van der Waals surface area contributed by atoms with Crippen LogP contribution in [-0.2, 0) is 14.3 Å². The number of aliphatic hydroxyl groups excluding tert-OH is 4. The Balaban J connectivity index is 3.20. The zero-order valence-corrected chi connectivity index (χ0v) is 16.9. The van der Waals surface area contributed by atoms with Gasteiger partial charge in [0, 0.05) is 13.3 Å². The number of hydrogen-bond donors (Lipinski definition) is 6. The van der Waals surface area contributed by atoms with Gasteiger partial charge in [-0.25, -0.2) is 4.79 Å². The molecular weight excluding hydrogens is 370 g/mol. The summed E-state index contributed by atoms with van der Waals surface area (Å²) in [6.45, 7) is 10.2. The number of ether oxygens (including phenoxy) is 1. The summed E-state index contributed by atoms with van der Waals surface area (Å²) >= 11 is 0. The minimum absolute atomic E-state index is 0.0132. The van der Waals surface area contributed by atoms with E-state index in [0.29, 0.717) is 6.42 Å². The molecule has 1 saturated heterocycles.